The van der Waals surface area contributed by atoms with Crippen molar-refractivity contribution in [2.45, 2.75) is 25.2 Å². The lowest BCUT2D eigenvalue weighted by atomic mass is 10.0. The summed E-state index contributed by atoms with van der Waals surface area (Å²) in [5.41, 5.74) is 1.82. The van der Waals surface area contributed by atoms with Crippen molar-refractivity contribution in [1.29, 1.82) is 0 Å². The molecule has 0 saturated heterocycles. The number of carbonyl (C=O) groups is 1. The molecule has 7 nitrogen and oxygen atoms in total. The average molecular weight is 382 g/mol. The molecule has 0 fully saturated rings. The number of alkyl carbamates (subject to hydrolysis) is 1. The normalized spacial score (nSPS) is 13.1. The Balaban J connectivity index is 1.48. The lowest BCUT2D eigenvalue weighted by molar-refractivity contribution is 0.0137. The van der Waals surface area contributed by atoms with Crippen LogP contribution in [0.3, 0.4) is 0 Å². The summed E-state index contributed by atoms with van der Waals surface area (Å²) in [5.74, 6) is 0. The second-order valence-electron chi connectivity index (χ2n) is 6.44. The highest BCUT2D eigenvalue weighted by atomic mass is 16.5. The number of rotatable bonds is 7. The van der Waals surface area contributed by atoms with Crippen LogP contribution < -0.4 is 10.7 Å². The second-order valence-corrected chi connectivity index (χ2v) is 6.44. The Morgan fingerprint density at radius 1 is 1.11 bits per heavy atom. The van der Waals surface area contributed by atoms with E-state index in [1.165, 1.54) is 12.3 Å². The van der Waals surface area contributed by atoms with Gasteiger partial charge in [-0.15, -0.1) is 0 Å². The SMILES string of the molecule is O=C(NCCC(O)C(O)c1ccc2c(=O)cc[nH]c2c1)OCc1ccccc1. The zero-order chi connectivity index (χ0) is 19.9. The molecule has 3 aromatic rings. The third-order valence-electron chi connectivity index (χ3n) is 4.41. The van der Waals surface area contributed by atoms with Crippen molar-refractivity contribution in [2.75, 3.05) is 6.54 Å². The van der Waals surface area contributed by atoms with Gasteiger partial charge in [0, 0.05) is 29.7 Å². The number of carbonyl (C=O) groups excluding carboxylic acids is 1. The molecule has 1 amide bonds. The molecule has 0 aliphatic carbocycles. The van der Waals surface area contributed by atoms with E-state index in [0.29, 0.717) is 16.5 Å². The van der Waals surface area contributed by atoms with Crippen molar-refractivity contribution in [3.05, 3.63) is 82.1 Å². The minimum absolute atomic E-state index is 0.117. The number of aliphatic hydroxyl groups is 2. The Morgan fingerprint density at radius 3 is 2.68 bits per heavy atom. The van der Waals surface area contributed by atoms with Gasteiger partial charge in [-0.3, -0.25) is 4.79 Å². The molecule has 2 atom stereocenters. The Morgan fingerprint density at radius 2 is 1.89 bits per heavy atom. The molecule has 2 unspecified atom stereocenters. The largest absolute Gasteiger partial charge is 0.445 e. The molecule has 0 aliphatic rings. The van der Waals surface area contributed by atoms with Crippen LogP contribution in [0.15, 0.2) is 65.6 Å². The molecule has 0 radical (unpaired) electrons. The predicted octanol–water partition coefficient (Wildman–Crippen LogP) is 2.24. The number of ether oxygens (including phenoxy) is 1. The number of aromatic amines is 1. The number of hydrogen-bond acceptors (Lipinski definition) is 5. The summed E-state index contributed by atoms with van der Waals surface area (Å²) in [6.45, 7) is 0.309. The van der Waals surface area contributed by atoms with Crippen LogP contribution >= 0.6 is 0 Å². The minimum Gasteiger partial charge on any atom is -0.445 e. The highest BCUT2D eigenvalue weighted by Crippen LogP contribution is 2.21. The number of hydrogen-bond donors (Lipinski definition) is 4. The Kier molecular flexibility index (Phi) is 6.41. The van der Waals surface area contributed by atoms with E-state index in [4.69, 9.17) is 4.74 Å². The van der Waals surface area contributed by atoms with Crippen molar-refractivity contribution in [3.63, 3.8) is 0 Å². The van der Waals surface area contributed by atoms with Gasteiger partial charge in [0.15, 0.2) is 5.43 Å². The quantitative estimate of drug-likeness (QED) is 0.501. The number of nitrogens with one attached hydrogen (secondary N) is 2. The first kappa shape index (κ1) is 19.6. The zero-order valence-electron chi connectivity index (χ0n) is 15.2. The third-order valence-corrected chi connectivity index (χ3v) is 4.41. The summed E-state index contributed by atoms with van der Waals surface area (Å²) in [5, 5.41) is 23.6. The van der Waals surface area contributed by atoms with Gasteiger partial charge in [0.05, 0.1) is 6.10 Å². The van der Waals surface area contributed by atoms with Crippen LogP contribution in [0.25, 0.3) is 10.9 Å². The van der Waals surface area contributed by atoms with Crippen molar-refractivity contribution in [2.24, 2.45) is 0 Å². The fourth-order valence-electron chi connectivity index (χ4n) is 2.85. The number of aliphatic hydroxyl groups excluding tert-OH is 2. The smallest absolute Gasteiger partial charge is 0.407 e. The molecule has 0 bridgehead atoms. The molecule has 2 aromatic carbocycles. The molecule has 146 valence electrons. The lowest BCUT2D eigenvalue weighted by Gasteiger charge is -2.18. The van der Waals surface area contributed by atoms with Gasteiger partial charge >= 0.3 is 6.09 Å². The summed E-state index contributed by atoms with van der Waals surface area (Å²) >= 11 is 0. The maximum absolute atomic E-state index is 11.8. The van der Waals surface area contributed by atoms with Gasteiger partial charge in [-0.25, -0.2) is 4.79 Å². The second kappa shape index (κ2) is 9.16. The van der Waals surface area contributed by atoms with E-state index in [-0.39, 0.29) is 25.0 Å². The maximum atomic E-state index is 11.8. The summed E-state index contributed by atoms with van der Waals surface area (Å²) in [6.07, 6.45) is -1.14. The molecule has 7 heteroatoms. The third kappa shape index (κ3) is 4.97. The van der Waals surface area contributed by atoms with Gasteiger partial charge in [-0.2, -0.15) is 0 Å². The van der Waals surface area contributed by atoms with Gasteiger partial charge in [-0.05, 0) is 29.7 Å². The van der Waals surface area contributed by atoms with Crippen molar-refractivity contribution >= 4 is 17.0 Å². The number of fused-ring (bicyclic) bond motifs is 1. The Labute approximate surface area is 161 Å². The molecule has 4 N–H and O–H groups in total. The van der Waals surface area contributed by atoms with Crippen LogP contribution in [-0.4, -0.2) is 33.9 Å². The molecule has 0 spiro atoms. The van der Waals surface area contributed by atoms with Crippen LogP contribution in [0, 0.1) is 0 Å². The van der Waals surface area contributed by atoms with E-state index in [9.17, 15) is 19.8 Å². The topological polar surface area (TPSA) is 112 Å². The molecule has 3 rings (SSSR count). The highest BCUT2D eigenvalue weighted by Gasteiger charge is 2.19. The van der Waals surface area contributed by atoms with E-state index < -0.39 is 18.3 Å². The maximum Gasteiger partial charge on any atom is 0.407 e. The first-order valence-electron chi connectivity index (χ1n) is 8.96. The lowest BCUT2D eigenvalue weighted by Crippen LogP contribution is -2.29. The molecule has 1 aromatic heterocycles. The van der Waals surface area contributed by atoms with Crippen molar-refractivity contribution in [1.82, 2.24) is 10.3 Å². The zero-order valence-corrected chi connectivity index (χ0v) is 15.2. The van der Waals surface area contributed by atoms with Gasteiger partial charge in [0.2, 0.25) is 0 Å². The Hall–Kier alpha value is -3.16. The van der Waals surface area contributed by atoms with Gasteiger partial charge in [-0.1, -0.05) is 36.4 Å². The fraction of sp³-hybridized carbons (Fsp3) is 0.238. The summed E-state index contributed by atoms with van der Waals surface area (Å²) in [7, 11) is 0. The van der Waals surface area contributed by atoms with Crippen LogP contribution in [0.2, 0.25) is 0 Å². The van der Waals surface area contributed by atoms with Gasteiger partial charge in [0.1, 0.15) is 12.7 Å². The van der Waals surface area contributed by atoms with Crippen LogP contribution in [0.4, 0.5) is 4.79 Å². The standard InChI is InChI=1S/C21H22N2O5/c24-18-8-10-22-17-12-15(6-7-16(17)18)20(26)19(25)9-11-23-21(27)28-13-14-4-2-1-3-5-14/h1-8,10,12,19-20,25-26H,9,11,13H2,(H,22,24)(H,23,27). The summed E-state index contributed by atoms with van der Waals surface area (Å²) in [4.78, 5) is 26.4. The molecule has 0 saturated carbocycles. The van der Waals surface area contributed by atoms with Crippen LogP contribution in [0.1, 0.15) is 23.7 Å². The number of H-pyrrole nitrogens is 1. The fourth-order valence-corrected chi connectivity index (χ4v) is 2.85. The van der Waals surface area contributed by atoms with E-state index in [2.05, 4.69) is 10.3 Å². The molecular formula is C21H22N2O5. The Bertz CT molecular complexity index is 987. The number of aromatic nitrogens is 1. The molecule has 1 heterocycles. The molecule has 0 aliphatic heterocycles. The van der Waals surface area contributed by atoms with Gasteiger partial charge < -0.3 is 25.3 Å². The van der Waals surface area contributed by atoms with E-state index >= 15 is 0 Å². The molecule has 28 heavy (non-hydrogen) atoms. The predicted molar refractivity (Wildman–Crippen MR) is 105 cm³/mol. The summed E-state index contributed by atoms with van der Waals surface area (Å²) in [6, 6.07) is 15.6. The molecular weight excluding hydrogens is 360 g/mol. The summed E-state index contributed by atoms with van der Waals surface area (Å²) < 4.78 is 5.09. The van der Waals surface area contributed by atoms with E-state index in [1.807, 2.05) is 30.3 Å². The van der Waals surface area contributed by atoms with E-state index in [0.717, 1.165) is 5.56 Å². The van der Waals surface area contributed by atoms with Crippen molar-refractivity contribution < 1.29 is 19.7 Å². The van der Waals surface area contributed by atoms with E-state index in [1.54, 1.807) is 18.2 Å². The number of pyridine rings is 1. The highest BCUT2D eigenvalue weighted by molar-refractivity contribution is 5.78. The van der Waals surface area contributed by atoms with Crippen LogP contribution in [0.5, 0.6) is 0 Å². The number of benzene rings is 2. The monoisotopic (exact) mass is 382 g/mol. The average Bonchev–Trinajstić information content (AvgIpc) is 2.72. The van der Waals surface area contributed by atoms with Crippen molar-refractivity contribution in [3.8, 4) is 0 Å². The van der Waals surface area contributed by atoms with Crippen LogP contribution in [-0.2, 0) is 11.3 Å². The number of amides is 1. The first-order chi connectivity index (χ1) is 13.5. The van der Waals surface area contributed by atoms with Gasteiger partial charge in [0.25, 0.3) is 0 Å². The first-order valence-corrected chi connectivity index (χ1v) is 8.96. The minimum atomic E-state index is -1.14.